The van der Waals surface area contributed by atoms with Gasteiger partial charge in [-0.1, -0.05) is 54.6 Å². The molecule has 0 bridgehead atoms. The fraction of sp³-hybridized carbons (Fsp3) is 0.222. The topological polar surface area (TPSA) is 157 Å². The molecule has 11 heteroatoms. The van der Waals surface area contributed by atoms with E-state index in [1.54, 1.807) is 60.7 Å². The maximum absolute atomic E-state index is 13.1. The SMILES string of the molecule is COC(=O)[C@@H](Cc1ccc(OC)c([N+](=O)[O-])c1)NC(=O)[C@H](O)[C@@H](NC(=O)c1ccccc1)c1ccccc1. The van der Waals surface area contributed by atoms with Crippen molar-refractivity contribution in [1.29, 1.82) is 0 Å². The third-order valence-corrected chi connectivity index (χ3v) is 5.75. The van der Waals surface area contributed by atoms with Crippen LogP contribution in [-0.2, 0) is 20.7 Å². The van der Waals surface area contributed by atoms with Gasteiger partial charge in [-0.3, -0.25) is 19.7 Å². The summed E-state index contributed by atoms with van der Waals surface area (Å²) >= 11 is 0. The van der Waals surface area contributed by atoms with E-state index in [2.05, 4.69) is 10.6 Å². The molecule has 11 nitrogen and oxygen atoms in total. The van der Waals surface area contributed by atoms with Crippen molar-refractivity contribution in [3.05, 3.63) is 106 Å². The third-order valence-electron chi connectivity index (χ3n) is 5.75. The van der Waals surface area contributed by atoms with Crippen LogP contribution in [0.25, 0.3) is 0 Å². The summed E-state index contributed by atoms with van der Waals surface area (Å²) < 4.78 is 9.78. The highest BCUT2D eigenvalue weighted by molar-refractivity contribution is 5.95. The Morgan fingerprint density at radius 3 is 2.16 bits per heavy atom. The number of nitrogens with one attached hydrogen (secondary N) is 2. The second kappa shape index (κ2) is 13.0. The van der Waals surface area contributed by atoms with Gasteiger partial charge in [0.2, 0.25) is 0 Å². The number of rotatable bonds is 11. The molecule has 3 N–H and O–H groups in total. The number of nitro benzene ring substituents is 1. The third kappa shape index (κ3) is 6.92. The van der Waals surface area contributed by atoms with Gasteiger partial charge in [0.15, 0.2) is 11.9 Å². The van der Waals surface area contributed by atoms with Crippen molar-refractivity contribution in [2.24, 2.45) is 0 Å². The number of carbonyl (C=O) groups is 3. The lowest BCUT2D eigenvalue weighted by atomic mass is 9.99. The van der Waals surface area contributed by atoms with Crippen molar-refractivity contribution in [2.45, 2.75) is 24.6 Å². The van der Waals surface area contributed by atoms with E-state index in [1.807, 2.05) is 0 Å². The van der Waals surface area contributed by atoms with Crippen LogP contribution in [0.2, 0.25) is 0 Å². The minimum atomic E-state index is -1.79. The Kier molecular flexibility index (Phi) is 9.49. The number of methoxy groups -OCH3 is 2. The molecule has 0 aromatic heterocycles. The summed E-state index contributed by atoms with van der Waals surface area (Å²) in [7, 11) is 2.42. The lowest BCUT2D eigenvalue weighted by molar-refractivity contribution is -0.385. The summed E-state index contributed by atoms with van der Waals surface area (Å²) in [6, 6.07) is 18.4. The van der Waals surface area contributed by atoms with Crippen molar-refractivity contribution in [2.75, 3.05) is 14.2 Å². The molecule has 3 atom stereocenters. The summed E-state index contributed by atoms with van der Waals surface area (Å²) in [4.78, 5) is 49.2. The zero-order valence-electron chi connectivity index (χ0n) is 20.7. The fourth-order valence-electron chi connectivity index (χ4n) is 3.80. The van der Waals surface area contributed by atoms with Gasteiger partial charge in [0.1, 0.15) is 6.04 Å². The van der Waals surface area contributed by atoms with Gasteiger partial charge in [0, 0.05) is 18.1 Å². The van der Waals surface area contributed by atoms with E-state index in [9.17, 15) is 29.6 Å². The smallest absolute Gasteiger partial charge is 0.328 e. The molecule has 0 aliphatic heterocycles. The summed E-state index contributed by atoms with van der Waals surface area (Å²) in [6.07, 6.45) is -1.95. The first-order chi connectivity index (χ1) is 18.2. The van der Waals surface area contributed by atoms with Gasteiger partial charge in [-0.15, -0.1) is 0 Å². The normalized spacial score (nSPS) is 12.9. The molecular weight excluding hydrogens is 494 g/mol. The van der Waals surface area contributed by atoms with Crippen LogP contribution in [0.15, 0.2) is 78.9 Å². The predicted octanol–water partition coefficient (Wildman–Crippen LogP) is 2.34. The molecule has 0 heterocycles. The van der Waals surface area contributed by atoms with Crippen LogP contribution < -0.4 is 15.4 Å². The summed E-state index contributed by atoms with van der Waals surface area (Å²) in [5, 5.41) is 27.5. The van der Waals surface area contributed by atoms with Crippen molar-refractivity contribution in [3.8, 4) is 5.75 Å². The number of carbonyl (C=O) groups excluding carboxylic acids is 3. The zero-order chi connectivity index (χ0) is 27.7. The van der Waals surface area contributed by atoms with Crippen LogP contribution in [0, 0.1) is 10.1 Å². The molecule has 0 spiro atoms. The minimum Gasteiger partial charge on any atom is -0.490 e. The van der Waals surface area contributed by atoms with E-state index in [4.69, 9.17) is 9.47 Å². The van der Waals surface area contributed by atoms with E-state index in [0.717, 1.165) is 7.11 Å². The number of benzene rings is 3. The van der Waals surface area contributed by atoms with Gasteiger partial charge in [0.05, 0.1) is 25.2 Å². The second-order valence-electron chi connectivity index (χ2n) is 8.22. The Morgan fingerprint density at radius 2 is 1.58 bits per heavy atom. The first kappa shape index (κ1) is 27.8. The molecule has 3 rings (SSSR count). The van der Waals surface area contributed by atoms with E-state index in [-0.39, 0.29) is 17.9 Å². The van der Waals surface area contributed by atoms with E-state index < -0.39 is 40.9 Å². The summed E-state index contributed by atoms with van der Waals surface area (Å²) in [5.41, 5.74) is 0.821. The molecule has 0 aliphatic carbocycles. The molecular formula is C27H27N3O8. The highest BCUT2D eigenvalue weighted by Gasteiger charge is 2.33. The van der Waals surface area contributed by atoms with Gasteiger partial charge >= 0.3 is 11.7 Å². The first-order valence-electron chi connectivity index (χ1n) is 11.5. The maximum atomic E-state index is 13.1. The number of nitrogens with zero attached hydrogens (tertiary/aromatic N) is 1. The average Bonchev–Trinajstić information content (AvgIpc) is 2.95. The Labute approximate surface area is 218 Å². The van der Waals surface area contributed by atoms with Crippen molar-refractivity contribution in [1.82, 2.24) is 10.6 Å². The fourth-order valence-corrected chi connectivity index (χ4v) is 3.80. The minimum absolute atomic E-state index is 0.0349. The Bertz CT molecular complexity index is 1280. The number of aliphatic hydroxyl groups is 1. The lowest BCUT2D eigenvalue weighted by Crippen LogP contribution is -2.51. The molecule has 0 unspecified atom stereocenters. The Morgan fingerprint density at radius 1 is 0.947 bits per heavy atom. The molecule has 0 saturated heterocycles. The Balaban J connectivity index is 1.83. The van der Waals surface area contributed by atoms with E-state index in [1.165, 1.54) is 25.3 Å². The standard InChI is InChI=1S/C27H27N3O8/c1-37-22-14-13-17(16-21(22)30(35)36)15-20(27(34)38-2)28-26(33)24(31)23(18-9-5-3-6-10-18)29-25(32)19-11-7-4-8-12-19/h3-14,16,20,23-24,31H,15H2,1-2H3,(H,28,33)(H,29,32)/t20-,23+,24-/m1/s1. The van der Waals surface area contributed by atoms with Crippen LogP contribution in [0.5, 0.6) is 5.75 Å². The number of hydrogen-bond acceptors (Lipinski definition) is 8. The van der Waals surface area contributed by atoms with E-state index in [0.29, 0.717) is 16.7 Å². The van der Waals surface area contributed by atoms with Gasteiger partial charge in [-0.25, -0.2) is 4.79 Å². The number of nitro groups is 1. The number of ether oxygens (including phenoxy) is 2. The molecule has 0 fully saturated rings. The number of esters is 1. The highest BCUT2D eigenvalue weighted by atomic mass is 16.6. The van der Waals surface area contributed by atoms with Crippen molar-refractivity contribution < 1.29 is 33.9 Å². The Hall–Kier alpha value is -4.77. The van der Waals surface area contributed by atoms with Crippen LogP contribution in [0.4, 0.5) is 5.69 Å². The second-order valence-corrected chi connectivity index (χ2v) is 8.22. The molecule has 198 valence electrons. The summed E-state index contributed by atoms with van der Waals surface area (Å²) in [6.45, 7) is 0. The molecule has 0 radical (unpaired) electrons. The van der Waals surface area contributed by atoms with E-state index >= 15 is 0 Å². The lowest BCUT2D eigenvalue weighted by Gasteiger charge is -2.26. The quantitative estimate of drug-likeness (QED) is 0.197. The zero-order valence-corrected chi connectivity index (χ0v) is 20.7. The van der Waals surface area contributed by atoms with Crippen molar-refractivity contribution >= 4 is 23.5 Å². The molecule has 0 aliphatic rings. The van der Waals surface area contributed by atoms with Crippen LogP contribution in [0.3, 0.4) is 0 Å². The van der Waals surface area contributed by atoms with Crippen LogP contribution in [0.1, 0.15) is 27.5 Å². The number of aliphatic hydroxyl groups excluding tert-OH is 1. The predicted molar refractivity (Wildman–Crippen MR) is 136 cm³/mol. The van der Waals surface area contributed by atoms with Gasteiger partial charge in [0.25, 0.3) is 11.8 Å². The monoisotopic (exact) mass is 521 g/mol. The maximum Gasteiger partial charge on any atom is 0.328 e. The molecule has 3 aromatic carbocycles. The molecule has 0 saturated carbocycles. The summed E-state index contributed by atoms with van der Waals surface area (Å²) in [5.74, 6) is -2.26. The average molecular weight is 522 g/mol. The molecule has 38 heavy (non-hydrogen) atoms. The molecule has 3 aromatic rings. The number of amides is 2. The van der Waals surface area contributed by atoms with Crippen LogP contribution in [-0.4, -0.2) is 54.2 Å². The van der Waals surface area contributed by atoms with Crippen LogP contribution >= 0.6 is 0 Å². The molecule has 2 amide bonds. The number of hydrogen-bond donors (Lipinski definition) is 3. The van der Waals surface area contributed by atoms with Gasteiger partial charge in [-0.05, 0) is 29.3 Å². The van der Waals surface area contributed by atoms with Crippen molar-refractivity contribution in [3.63, 3.8) is 0 Å². The first-order valence-corrected chi connectivity index (χ1v) is 11.5. The van der Waals surface area contributed by atoms with Gasteiger partial charge in [-0.2, -0.15) is 0 Å². The largest absolute Gasteiger partial charge is 0.490 e. The van der Waals surface area contributed by atoms with Gasteiger partial charge < -0.3 is 25.2 Å². The highest BCUT2D eigenvalue weighted by Crippen LogP contribution is 2.28.